The van der Waals surface area contributed by atoms with Gasteiger partial charge in [0.2, 0.25) is 0 Å². The van der Waals surface area contributed by atoms with Crippen LogP contribution in [0.1, 0.15) is 36.5 Å². The lowest BCUT2D eigenvalue weighted by Gasteiger charge is -2.31. The third-order valence-corrected chi connectivity index (χ3v) is 4.45. The van der Waals surface area contributed by atoms with Crippen LogP contribution in [0.15, 0.2) is 48.5 Å². The van der Waals surface area contributed by atoms with Crippen LogP contribution in [0.4, 0.5) is 0 Å². The molecule has 0 amide bonds. The third-order valence-electron chi connectivity index (χ3n) is 4.45. The summed E-state index contributed by atoms with van der Waals surface area (Å²) < 4.78 is 11.8. The van der Waals surface area contributed by atoms with Crippen LogP contribution < -0.4 is 15.2 Å². The number of fused-ring (bicyclic) bond motifs is 1. The van der Waals surface area contributed by atoms with Crippen LogP contribution in [-0.4, -0.2) is 22.5 Å². The number of carboxylic acids is 1. The molecule has 3 rings (SSSR count). The molecule has 28 heavy (non-hydrogen) atoms. The molecule has 0 saturated heterocycles. The lowest BCUT2D eigenvalue weighted by atomic mass is 9.95. The maximum absolute atomic E-state index is 10.8. The van der Waals surface area contributed by atoms with Crippen LogP contribution >= 0.6 is 12.4 Å². The SMILES string of the molecule is CC1(CCC(=O)O)C=Cc2cc(OCc3ccc(C(=N)N)cc3)ccc2O1.Cl. The first kappa shape index (κ1) is 21.3. The summed E-state index contributed by atoms with van der Waals surface area (Å²) in [5.41, 5.74) is 7.39. The van der Waals surface area contributed by atoms with Gasteiger partial charge in [0.05, 0.1) is 0 Å². The number of benzene rings is 2. The van der Waals surface area contributed by atoms with Gasteiger partial charge in [-0.3, -0.25) is 10.2 Å². The number of hydrogen-bond acceptors (Lipinski definition) is 4. The number of rotatable bonds is 7. The Hall–Kier alpha value is -2.99. The van der Waals surface area contributed by atoms with Crippen LogP contribution in [0.3, 0.4) is 0 Å². The highest BCUT2D eigenvalue weighted by Crippen LogP contribution is 2.35. The third kappa shape index (κ3) is 5.27. The lowest BCUT2D eigenvalue weighted by molar-refractivity contribution is -0.137. The van der Waals surface area contributed by atoms with Crippen molar-refractivity contribution in [2.75, 3.05) is 0 Å². The minimum absolute atomic E-state index is 0. The zero-order valence-corrected chi connectivity index (χ0v) is 16.3. The number of hydrogen-bond donors (Lipinski definition) is 3. The van der Waals surface area contributed by atoms with Crippen LogP contribution in [0, 0.1) is 5.41 Å². The van der Waals surface area contributed by atoms with Crippen LogP contribution in [0.5, 0.6) is 11.5 Å². The summed E-state index contributed by atoms with van der Waals surface area (Å²) in [7, 11) is 0. The van der Waals surface area contributed by atoms with Gasteiger partial charge >= 0.3 is 5.97 Å². The van der Waals surface area contributed by atoms with Gasteiger partial charge in [-0.25, -0.2) is 0 Å². The molecule has 6 nitrogen and oxygen atoms in total. The van der Waals surface area contributed by atoms with E-state index in [4.69, 9.17) is 25.7 Å². The number of nitrogens with one attached hydrogen (secondary N) is 1. The largest absolute Gasteiger partial charge is 0.489 e. The van der Waals surface area contributed by atoms with E-state index in [0.29, 0.717) is 30.1 Å². The number of nitrogen functional groups attached to an aromatic ring is 1. The number of nitrogens with two attached hydrogens (primary N) is 1. The Morgan fingerprint density at radius 3 is 2.61 bits per heavy atom. The van der Waals surface area contributed by atoms with Gasteiger partial charge in [-0.1, -0.05) is 30.3 Å². The van der Waals surface area contributed by atoms with Gasteiger partial charge in [-0.15, -0.1) is 12.4 Å². The van der Waals surface area contributed by atoms with Crippen molar-refractivity contribution >= 4 is 30.3 Å². The molecule has 1 heterocycles. The summed E-state index contributed by atoms with van der Waals surface area (Å²) in [6.07, 6.45) is 4.30. The normalized spacial score (nSPS) is 17.0. The van der Waals surface area contributed by atoms with E-state index < -0.39 is 11.6 Å². The van der Waals surface area contributed by atoms with E-state index in [0.717, 1.165) is 11.1 Å². The van der Waals surface area contributed by atoms with Gasteiger partial charge in [0.25, 0.3) is 0 Å². The van der Waals surface area contributed by atoms with Gasteiger partial charge in [0.15, 0.2) is 0 Å². The highest BCUT2D eigenvalue weighted by atomic mass is 35.5. The zero-order valence-electron chi connectivity index (χ0n) is 15.5. The first-order valence-electron chi connectivity index (χ1n) is 8.65. The molecule has 0 saturated carbocycles. The molecule has 148 valence electrons. The molecule has 1 aliphatic heterocycles. The molecule has 0 radical (unpaired) electrons. The second-order valence-electron chi connectivity index (χ2n) is 6.74. The van der Waals surface area contributed by atoms with E-state index in [1.165, 1.54) is 0 Å². The molecular formula is C21H23ClN2O4. The molecule has 1 aliphatic rings. The minimum atomic E-state index is -0.834. The molecule has 2 aromatic rings. The average Bonchev–Trinajstić information content (AvgIpc) is 2.65. The van der Waals surface area contributed by atoms with Crippen molar-refractivity contribution < 1.29 is 19.4 Å². The number of ether oxygens (including phenoxy) is 2. The number of carboxylic acid groups (broad SMARTS) is 1. The fraction of sp³-hybridized carbons (Fsp3) is 0.238. The predicted molar refractivity (Wildman–Crippen MR) is 110 cm³/mol. The van der Waals surface area contributed by atoms with Crippen LogP contribution in [-0.2, 0) is 11.4 Å². The topological polar surface area (TPSA) is 106 Å². The molecule has 0 aliphatic carbocycles. The van der Waals surface area contributed by atoms with Crippen LogP contribution in [0.2, 0.25) is 0 Å². The molecule has 0 fully saturated rings. The second kappa shape index (κ2) is 8.80. The first-order chi connectivity index (χ1) is 12.8. The average molecular weight is 403 g/mol. The molecule has 0 aromatic heterocycles. The number of amidine groups is 1. The van der Waals surface area contributed by atoms with E-state index in [-0.39, 0.29) is 24.7 Å². The van der Waals surface area contributed by atoms with Crippen LogP contribution in [0.25, 0.3) is 6.08 Å². The van der Waals surface area contributed by atoms with Crippen molar-refractivity contribution in [3.8, 4) is 11.5 Å². The smallest absolute Gasteiger partial charge is 0.303 e. The summed E-state index contributed by atoms with van der Waals surface area (Å²) in [6, 6.07) is 12.9. The van der Waals surface area contributed by atoms with Gasteiger partial charge in [0.1, 0.15) is 29.5 Å². The Labute approximate surface area is 169 Å². The predicted octanol–water partition coefficient (Wildman–Crippen LogP) is 4.00. The quantitative estimate of drug-likeness (QED) is 0.479. The first-order valence-corrected chi connectivity index (χ1v) is 8.65. The van der Waals surface area contributed by atoms with Crippen molar-refractivity contribution in [2.45, 2.75) is 32.0 Å². The second-order valence-corrected chi connectivity index (χ2v) is 6.74. The highest BCUT2D eigenvalue weighted by molar-refractivity contribution is 5.94. The molecule has 2 aromatic carbocycles. The maximum atomic E-state index is 10.8. The van der Waals surface area contributed by atoms with Crippen molar-refractivity contribution in [1.29, 1.82) is 5.41 Å². The molecule has 0 bridgehead atoms. The Bertz CT molecular complexity index is 896. The summed E-state index contributed by atoms with van der Waals surface area (Å²) in [6.45, 7) is 2.28. The lowest BCUT2D eigenvalue weighted by Crippen LogP contribution is -2.32. The monoisotopic (exact) mass is 402 g/mol. The zero-order chi connectivity index (χ0) is 19.4. The Morgan fingerprint density at radius 2 is 1.96 bits per heavy atom. The maximum Gasteiger partial charge on any atom is 0.303 e. The Balaban J connectivity index is 0.00000280. The molecule has 1 atom stereocenters. The number of carbonyl (C=O) groups is 1. The summed E-state index contributed by atoms with van der Waals surface area (Å²) in [5, 5.41) is 16.3. The standard InChI is InChI=1S/C21H22N2O4.ClH/c1-21(11-9-19(24)25)10-8-16-12-17(6-7-18(16)27-21)26-13-14-2-4-15(5-3-14)20(22)23;/h2-8,10,12H,9,11,13H2,1H3,(H3,22,23)(H,24,25);1H. The van der Waals surface area contributed by atoms with E-state index in [1.807, 2.05) is 49.4 Å². The molecule has 4 N–H and O–H groups in total. The van der Waals surface area contributed by atoms with E-state index >= 15 is 0 Å². The Morgan fingerprint density at radius 1 is 1.25 bits per heavy atom. The van der Waals surface area contributed by atoms with Gasteiger partial charge in [-0.05, 0) is 36.8 Å². The van der Waals surface area contributed by atoms with Gasteiger partial charge < -0.3 is 20.3 Å². The van der Waals surface area contributed by atoms with E-state index in [9.17, 15) is 4.79 Å². The fourth-order valence-corrected chi connectivity index (χ4v) is 2.83. The van der Waals surface area contributed by atoms with Crippen molar-refractivity contribution in [3.63, 3.8) is 0 Å². The molecule has 1 unspecified atom stereocenters. The summed E-state index contributed by atoms with van der Waals surface area (Å²) >= 11 is 0. The van der Waals surface area contributed by atoms with Crippen molar-refractivity contribution in [1.82, 2.24) is 0 Å². The van der Waals surface area contributed by atoms with Crippen molar-refractivity contribution in [3.05, 3.63) is 65.2 Å². The number of aliphatic carboxylic acids is 1. The molecular weight excluding hydrogens is 380 g/mol. The minimum Gasteiger partial charge on any atom is -0.489 e. The number of halogens is 1. The summed E-state index contributed by atoms with van der Waals surface area (Å²) in [5.74, 6) is 0.633. The highest BCUT2D eigenvalue weighted by Gasteiger charge is 2.28. The van der Waals surface area contributed by atoms with Crippen molar-refractivity contribution in [2.24, 2.45) is 5.73 Å². The van der Waals surface area contributed by atoms with Gasteiger partial charge in [0, 0.05) is 24.0 Å². The Kier molecular flexibility index (Phi) is 6.70. The molecule has 7 heteroatoms. The van der Waals surface area contributed by atoms with E-state index in [2.05, 4.69) is 0 Å². The van der Waals surface area contributed by atoms with Gasteiger partial charge in [-0.2, -0.15) is 0 Å². The molecule has 0 spiro atoms. The summed E-state index contributed by atoms with van der Waals surface area (Å²) in [4.78, 5) is 10.8. The van der Waals surface area contributed by atoms with E-state index in [1.54, 1.807) is 12.1 Å². The fourth-order valence-electron chi connectivity index (χ4n) is 2.83.